The number of nitrogens with zero attached hydrogens (tertiary/aromatic N) is 3. The number of rotatable bonds is 8. The molecule has 1 N–H and O–H groups in total. The molecule has 0 spiro atoms. The van der Waals surface area contributed by atoms with Gasteiger partial charge in [0.05, 0.1) is 5.75 Å². The summed E-state index contributed by atoms with van der Waals surface area (Å²) < 4.78 is 13.2. The molecule has 1 aromatic heterocycles. The smallest absolute Gasteiger partial charge is 0.230 e. The second-order valence-corrected chi connectivity index (χ2v) is 10.2. The molecule has 0 radical (unpaired) electrons. The lowest BCUT2D eigenvalue weighted by Gasteiger charge is -2.19. The van der Waals surface area contributed by atoms with Crippen molar-refractivity contribution in [3.63, 3.8) is 0 Å². The molecule has 1 aliphatic heterocycles. The van der Waals surface area contributed by atoms with Gasteiger partial charge in [0.15, 0.2) is 22.5 Å². The highest BCUT2D eigenvalue weighted by Crippen LogP contribution is 2.31. The van der Waals surface area contributed by atoms with Gasteiger partial charge in [-0.15, -0.1) is 10.2 Å². The summed E-state index contributed by atoms with van der Waals surface area (Å²) in [6.07, 6.45) is 0.729. The van der Waals surface area contributed by atoms with Gasteiger partial charge in [0.2, 0.25) is 5.91 Å². The number of thioether (sulfide) groups is 1. The van der Waals surface area contributed by atoms with E-state index in [4.69, 9.17) is 9.47 Å². The van der Waals surface area contributed by atoms with Gasteiger partial charge in [0.1, 0.15) is 13.2 Å². The van der Waals surface area contributed by atoms with E-state index in [-0.39, 0.29) is 11.3 Å². The molecule has 0 saturated heterocycles. The van der Waals surface area contributed by atoms with E-state index in [9.17, 15) is 4.79 Å². The molecule has 1 amide bonds. The van der Waals surface area contributed by atoms with Crippen LogP contribution in [0.3, 0.4) is 0 Å². The Morgan fingerprint density at radius 3 is 2.50 bits per heavy atom. The zero-order chi connectivity index (χ0) is 24.1. The molecular formula is C26H32N4O3S. The number of fused-ring (bicyclic) bond motifs is 1. The van der Waals surface area contributed by atoms with E-state index >= 15 is 0 Å². The molecule has 0 saturated carbocycles. The minimum absolute atomic E-state index is 0.0238. The summed E-state index contributed by atoms with van der Waals surface area (Å²) in [5.41, 5.74) is 3.51. The number of benzene rings is 2. The van der Waals surface area contributed by atoms with Crippen LogP contribution >= 0.6 is 11.8 Å². The van der Waals surface area contributed by atoms with Gasteiger partial charge in [-0.2, -0.15) is 0 Å². The fourth-order valence-corrected chi connectivity index (χ4v) is 4.62. The predicted molar refractivity (Wildman–Crippen MR) is 135 cm³/mol. The molecule has 7 nitrogen and oxygen atoms in total. The Morgan fingerprint density at radius 1 is 1.06 bits per heavy atom. The Labute approximate surface area is 205 Å². The maximum absolute atomic E-state index is 12.4. The third-order valence-electron chi connectivity index (χ3n) is 5.72. The van der Waals surface area contributed by atoms with Crippen molar-refractivity contribution in [1.82, 2.24) is 20.1 Å². The summed E-state index contributed by atoms with van der Waals surface area (Å²) in [6, 6.07) is 14.4. The first-order chi connectivity index (χ1) is 16.3. The lowest BCUT2D eigenvalue weighted by molar-refractivity contribution is -0.118. The first-order valence-electron chi connectivity index (χ1n) is 11.7. The SMILES string of the molecule is CCn1c(SCC(=O)NCCc2ccc3c(c2)OCCO3)nnc1-c1ccc(C(C)(C)C)cc1. The monoisotopic (exact) mass is 480 g/mol. The molecule has 8 heteroatoms. The average molecular weight is 481 g/mol. The van der Waals surface area contributed by atoms with Crippen molar-refractivity contribution in [3.05, 3.63) is 53.6 Å². The lowest BCUT2D eigenvalue weighted by atomic mass is 9.87. The van der Waals surface area contributed by atoms with Gasteiger partial charge < -0.3 is 19.4 Å². The van der Waals surface area contributed by atoms with E-state index in [1.165, 1.54) is 17.3 Å². The number of aromatic nitrogens is 3. The summed E-state index contributed by atoms with van der Waals surface area (Å²) in [5.74, 6) is 2.64. The lowest BCUT2D eigenvalue weighted by Crippen LogP contribution is -2.27. The molecule has 3 aromatic rings. The summed E-state index contributed by atoms with van der Waals surface area (Å²) in [7, 11) is 0. The number of ether oxygens (including phenoxy) is 2. The predicted octanol–water partition coefficient (Wildman–Crippen LogP) is 4.48. The van der Waals surface area contributed by atoms with Crippen molar-refractivity contribution >= 4 is 17.7 Å². The third-order valence-corrected chi connectivity index (χ3v) is 6.68. The van der Waals surface area contributed by atoms with E-state index in [1.54, 1.807) is 0 Å². The topological polar surface area (TPSA) is 78.3 Å². The molecule has 0 bridgehead atoms. The number of amides is 1. The first kappa shape index (κ1) is 24.1. The molecular weight excluding hydrogens is 448 g/mol. The molecule has 0 unspecified atom stereocenters. The van der Waals surface area contributed by atoms with Crippen LogP contribution in [0.4, 0.5) is 0 Å². The van der Waals surface area contributed by atoms with Crippen molar-refractivity contribution < 1.29 is 14.3 Å². The van der Waals surface area contributed by atoms with Crippen LogP contribution in [0.1, 0.15) is 38.8 Å². The van der Waals surface area contributed by atoms with Crippen LogP contribution in [-0.2, 0) is 23.2 Å². The quantitative estimate of drug-likeness (QED) is 0.479. The van der Waals surface area contributed by atoms with Crippen LogP contribution in [0.5, 0.6) is 11.5 Å². The van der Waals surface area contributed by atoms with Crippen LogP contribution < -0.4 is 14.8 Å². The second-order valence-electron chi connectivity index (χ2n) is 9.24. The standard InChI is InChI=1S/C26H32N4O3S/c1-5-30-24(19-7-9-20(10-8-19)26(2,3)4)28-29-25(30)34-17-23(31)27-13-12-18-6-11-21-22(16-18)33-15-14-32-21/h6-11,16H,5,12-15,17H2,1-4H3,(H,27,31). The largest absolute Gasteiger partial charge is 0.486 e. The maximum atomic E-state index is 12.4. The van der Waals surface area contributed by atoms with Crippen LogP contribution in [0.2, 0.25) is 0 Å². The molecule has 4 rings (SSSR count). The highest BCUT2D eigenvalue weighted by Gasteiger charge is 2.17. The third kappa shape index (κ3) is 5.73. The Morgan fingerprint density at radius 2 is 1.79 bits per heavy atom. The van der Waals surface area contributed by atoms with Gasteiger partial charge >= 0.3 is 0 Å². The van der Waals surface area contributed by atoms with Crippen molar-refractivity contribution in [2.45, 2.75) is 51.2 Å². The molecule has 34 heavy (non-hydrogen) atoms. The Kier molecular flexibility index (Phi) is 7.46. The number of hydrogen-bond donors (Lipinski definition) is 1. The van der Waals surface area contributed by atoms with Crippen molar-refractivity contribution in [2.24, 2.45) is 0 Å². The molecule has 180 valence electrons. The second kappa shape index (κ2) is 10.5. The van der Waals surface area contributed by atoms with Gasteiger partial charge in [-0.3, -0.25) is 4.79 Å². The van der Waals surface area contributed by atoms with E-state index in [2.05, 4.69) is 72.0 Å². The molecule has 0 fully saturated rings. The molecule has 1 aliphatic rings. The fourth-order valence-electron chi connectivity index (χ4n) is 3.78. The zero-order valence-corrected chi connectivity index (χ0v) is 21.1. The molecule has 0 aliphatic carbocycles. The fraction of sp³-hybridized carbons (Fsp3) is 0.423. The Bertz CT molecular complexity index is 1140. The van der Waals surface area contributed by atoms with E-state index < -0.39 is 0 Å². The average Bonchev–Trinajstić information content (AvgIpc) is 3.25. The zero-order valence-electron chi connectivity index (χ0n) is 20.3. The van der Waals surface area contributed by atoms with E-state index in [0.29, 0.717) is 25.5 Å². The number of nitrogens with one attached hydrogen (secondary N) is 1. The maximum Gasteiger partial charge on any atom is 0.230 e. The van der Waals surface area contributed by atoms with E-state index in [0.717, 1.165) is 46.6 Å². The highest BCUT2D eigenvalue weighted by molar-refractivity contribution is 7.99. The van der Waals surface area contributed by atoms with Gasteiger partial charge in [0.25, 0.3) is 0 Å². The summed E-state index contributed by atoms with van der Waals surface area (Å²) >= 11 is 1.41. The number of carbonyl (C=O) groups excluding carboxylic acids is 1. The van der Waals surface area contributed by atoms with Crippen LogP contribution in [0.15, 0.2) is 47.6 Å². The van der Waals surface area contributed by atoms with Gasteiger partial charge in [0, 0.05) is 18.7 Å². The first-order valence-corrected chi connectivity index (χ1v) is 12.7. The van der Waals surface area contributed by atoms with Crippen molar-refractivity contribution in [3.8, 4) is 22.9 Å². The Hall–Kier alpha value is -3.00. The van der Waals surface area contributed by atoms with Gasteiger partial charge in [-0.05, 0) is 42.0 Å². The van der Waals surface area contributed by atoms with E-state index in [1.807, 2.05) is 18.2 Å². The van der Waals surface area contributed by atoms with Crippen LogP contribution in [0.25, 0.3) is 11.4 Å². The van der Waals surface area contributed by atoms with Gasteiger partial charge in [-0.25, -0.2) is 0 Å². The van der Waals surface area contributed by atoms with Crippen LogP contribution in [0, 0.1) is 0 Å². The molecule has 2 heterocycles. The van der Waals surface area contributed by atoms with Crippen LogP contribution in [-0.4, -0.2) is 46.2 Å². The molecule has 0 atom stereocenters. The highest BCUT2D eigenvalue weighted by atomic mass is 32.2. The number of hydrogen-bond acceptors (Lipinski definition) is 6. The minimum Gasteiger partial charge on any atom is -0.486 e. The number of carbonyl (C=O) groups is 1. The Balaban J connectivity index is 1.30. The summed E-state index contributed by atoms with van der Waals surface area (Å²) in [6.45, 7) is 11.1. The minimum atomic E-state index is -0.0238. The normalized spacial score (nSPS) is 13.1. The molecule has 2 aromatic carbocycles. The summed E-state index contributed by atoms with van der Waals surface area (Å²) in [5, 5.41) is 12.5. The summed E-state index contributed by atoms with van der Waals surface area (Å²) in [4.78, 5) is 12.4. The van der Waals surface area contributed by atoms with Crippen molar-refractivity contribution in [1.29, 1.82) is 0 Å². The van der Waals surface area contributed by atoms with Crippen molar-refractivity contribution in [2.75, 3.05) is 25.5 Å². The van der Waals surface area contributed by atoms with Gasteiger partial charge in [-0.1, -0.05) is 62.9 Å².